The predicted octanol–water partition coefficient (Wildman–Crippen LogP) is 3.20. The summed E-state index contributed by atoms with van der Waals surface area (Å²) in [6.45, 7) is -1.47. The van der Waals surface area contributed by atoms with Gasteiger partial charge in [-0.3, -0.25) is 4.90 Å². The minimum Gasteiger partial charge on any atom is -0.467 e. The fourth-order valence-electron chi connectivity index (χ4n) is 3.64. The van der Waals surface area contributed by atoms with Gasteiger partial charge in [0.15, 0.2) is 0 Å². The van der Waals surface area contributed by atoms with Crippen molar-refractivity contribution in [1.29, 1.82) is 0 Å². The van der Waals surface area contributed by atoms with Crippen molar-refractivity contribution < 1.29 is 32.6 Å². The van der Waals surface area contributed by atoms with E-state index in [-0.39, 0.29) is 17.9 Å². The first-order chi connectivity index (χ1) is 15.7. The Hall–Kier alpha value is -3.64. The maximum absolute atomic E-state index is 12.7. The molecular formula is C20H23F3N6O4. The molecule has 0 unspecified atom stereocenters. The molecule has 33 heavy (non-hydrogen) atoms. The number of hydrogen-bond acceptors (Lipinski definition) is 6. The first-order valence-electron chi connectivity index (χ1n) is 10.1. The molecule has 0 saturated heterocycles. The van der Waals surface area contributed by atoms with E-state index < -0.39 is 30.9 Å². The van der Waals surface area contributed by atoms with Crippen LogP contribution in [-0.4, -0.2) is 64.1 Å². The van der Waals surface area contributed by atoms with Gasteiger partial charge < -0.3 is 20.5 Å². The molecule has 0 bridgehead atoms. The van der Waals surface area contributed by atoms with E-state index in [0.29, 0.717) is 36.8 Å². The smallest absolute Gasteiger partial charge is 0.405 e. The highest BCUT2D eigenvalue weighted by molar-refractivity contribution is 5.91. The average molecular weight is 468 g/mol. The molecule has 2 heterocycles. The first kappa shape index (κ1) is 24.0. The Balaban J connectivity index is 1.79. The lowest BCUT2D eigenvalue weighted by atomic mass is 9.90. The SMILES string of the molecule is COc1ncc(-c2ccc(N(C(=O)NCC(F)(F)F)C3CCC(NC(=O)O)CC3)nc2)cn1. The summed E-state index contributed by atoms with van der Waals surface area (Å²) >= 11 is 0. The number of alkyl halides is 3. The Morgan fingerprint density at radius 2 is 1.73 bits per heavy atom. The molecule has 3 rings (SSSR count). The normalized spacial score (nSPS) is 18.3. The third-order valence-corrected chi connectivity index (χ3v) is 5.19. The molecule has 2 aromatic rings. The summed E-state index contributed by atoms with van der Waals surface area (Å²) in [5.41, 5.74) is 1.29. The second-order valence-electron chi connectivity index (χ2n) is 7.46. The molecule has 2 aromatic heterocycles. The van der Waals surface area contributed by atoms with E-state index in [4.69, 9.17) is 9.84 Å². The van der Waals surface area contributed by atoms with Crippen LogP contribution in [0.5, 0.6) is 6.01 Å². The number of rotatable bonds is 6. The van der Waals surface area contributed by atoms with Crippen molar-refractivity contribution in [3.63, 3.8) is 0 Å². The van der Waals surface area contributed by atoms with Gasteiger partial charge in [-0.1, -0.05) is 0 Å². The minimum absolute atomic E-state index is 0.183. The van der Waals surface area contributed by atoms with Gasteiger partial charge in [-0.15, -0.1) is 0 Å². The second-order valence-corrected chi connectivity index (χ2v) is 7.46. The summed E-state index contributed by atoms with van der Waals surface area (Å²) in [6.07, 6.45) is 0.541. The first-order valence-corrected chi connectivity index (χ1v) is 10.1. The number of aromatic nitrogens is 3. The summed E-state index contributed by atoms with van der Waals surface area (Å²) in [6, 6.07) is 1.76. The van der Waals surface area contributed by atoms with Crippen LogP contribution in [0.3, 0.4) is 0 Å². The number of halogens is 3. The monoisotopic (exact) mass is 468 g/mol. The maximum atomic E-state index is 12.7. The van der Waals surface area contributed by atoms with Crippen LogP contribution >= 0.6 is 0 Å². The molecule has 1 aliphatic carbocycles. The third kappa shape index (κ3) is 6.67. The number of methoxy groups -OCH3 is 1. The van der Waals surface area contributed by atoms with Crippen molar-refractivity contribution in [2.45, 2.75) is 43.9 Å². The molecule has 0 aliphatic heterocycles. The van der Waals surface area contributed by atoms with E-state index >= 15 is 0 Å². The molecule has 0 spiro atoms. The molecule has 3 amide bonds. The van der Waals surface area contributed by atoms with Gasteiger partial charge in [0, 0.05) is 41.8 Å². The maximum Gasteiger partial charge on any atom is 0.405 e. The van der Waals surface area contributed by atoms with E-state index in [9.17, 15) is 22.8 Å². The largest absolute Gasteiger partial charge is 0.467 e. The van der Waals surface area contributed by atoms with Gasteiger partial charge in [0.1, 0.15) is 12.4 Å². The van der Waals surface area contributed by atoms with Crippen LogP contribution in [0.4, 0.5) is 28.6 Å². The van der Waals surface area contributed by atoms with Crippen LogP contribution in [0.1, 0.15) is 25.7 Å². The van der Waals surface area contributed by atoms with Gasteiger partial charge >= 0.3 is 24.3 Å². The van der Waals surface area contributed by atoms with Crippen molar-refractivity contribution in [2.24, 2.45) is 0 Å². The van der Waals surface area contributed by atoms with E-state index in [1.54, 1.807) is 6.07 Å². The van der Waals surface area contributed by atoms with Crippen molar-refractivity contribution in [2.75, 3.05) is 18.6 Å². The summed E-state index contributed by atoms with van der Waals surface area (Å²) < 4.78 is 42.9. The van der Waals surface area contributed by atoms with Gasteiger partial charge in [0.05, 0.1) is 7.11 Å². The molecule has 3 N–H and O–H groups in total. The van der Waals surface area contributed by atoms with Crippen LogP contribution in [0.2, 0.25) is 0 Å². The lowest BCUT2D eigenvalue weighted by molar-refractivity contribution is -0.122. The molecule has 178 valence electrons. The van der Waals surface area contributed by atoms with E-state index in [1.165, 1.54) is 36.7 Å². The van der Waals surface area contributed by atoms with Crippen LogP contribution in [0.25, 0.3) is 11.1 Å². The number of nitrogens with one attached hydrogen (secondary N) is 2. The van der Waals surface area contributed by atoms with Crippen LogP contribution in [0.15, 0.2) is 30.7 Å². The van der Waals surface area contributed by atoms with Crippen LogP contribution in [0, 0.1) is 0 Å². The molecule has 10 nitrogen and oxygen atoms in total. The average Bonchev–Trinajstić information content (AvgIpc) is 2.79. The highest BCUT2D eigenvalue weighted by Gasteiger charge is 2.34. The van der Waals surface area contributed by atoms with Crippen LogP contribution < -0.4 is 20.3 Å². The Morgan fingerprint density at radius 3 is 2.24 bits per heavy atom. The highest BCUT2D eigenvalue weighted by atomic mass is 19.4. The van der Waals surface area contributed by atoms with Gasteiger partial charge in [-0.2, -0.15) is 13.2 Å². The minimum atomic E-state index is -4.56. The topological polar surface area (TPSA) is 130 Å². The zero-order chi connectivity index (χ0) is 24.0. The number of carboxylic acid groups (broad SMARTS) is 1. The Labute approximate surface area is 187 Å². The van der Waals surface area contributed by atoms with E-state index in [2.05, 4.69) is 20.3 Å². The Kier molecular flexibility index (Phi) is 7.51. The molecular weight excluding hydrogens is 445 g/mol. The lowest BCUT2D eigenvalue weighted by Gasteiger charge is -2.36. The number of amides is 3. The van der Waals surface area contributed by atoms with E-state index in [0.717, 1.165) is 0 Å². The van der Waals surface area contributed by atoms with Crippen LogP contribution in [-0.2, 0) is 0 Å². The van der Waals surface area contributed by atoms with Crippen molar-refractivity contribution in [3.05, 3.63) is 30.7 Å². The summed E-state index contributed by atoms with van der Waals surface area (Å²) in [4.78, 5) is 37.1. The number of pyridine rings is 1. The number of hydrogen-bond donors (Lipinski definition) is 3. The quantitative estimate of drug-likeness (QED) is 0.594. The summed E-state index contributed by atoms with van der Waals surface area (Å²) in [7, 11) is 1.44. The number of nitrogens with zero attached hydrogens (tertiary/aromatic N) is 4. The molecule has 1 aliphatic rings. The number of urea groups is 1. The number of carbonyl (C=O) groups excluding carboxylic acids is 1. The zero-order valence-electron chi connectivity index (χ0n) is 17.7. The Bertz CT molecular complexity index is 948. The lowest BCUT2D eigenvalue weighted by Crippen LogP contribution is -2.51. The third-order valence-electron chi connectivity index (χ3n) is 5.19. The van der Waals surface area contributed by atoms with Gasteiger partial charge in [0.2, 0.25) is 0 Å². The molecule has 0 aromatic carbocycles. The van der Waals surface area contributed by atoms with Gasteiger partial charge in [-0.25, -0.2) is 24.5 Å². The second kappa shape index (κ2) is 10.3. The molecule has 0 radical (unpaired) electrons. The number of ether oxygens (including phenoxy) is 1. The van der Waals surface area contributed by atoms with Crippen molar-refractivity contribution in [3.8, 4) is 17.1 Å². The highest BCUT2D eigenvalue weighted by Crippen LogP contribution is 2.28. The fraction of sp³-hybridized carbons (Fsp3) is 0.450. The van der Waals surface area contributed by atoms with Crippen molar-refractivity contribution in [1.82, 2.24) is 25.6 Å². The van der Waals surface area contributed by atoms with Gasteiger partial charge in [0.25, 0.3) is 0 Å². The summed E-state index contributed by atoms with van der Waals surface area (Å²) in [5.74, 6) is 0.183. The summed E-state index contributed by atoms with van der Waals surface area (Å²) in [5, 5.41) is 13.2. The fourth-order valence-corrected chi connectivity index (χ4v) is 3.64. The van der Waals surface area contributed by atoms with Crippen molar-refractivity contribution >= 4 is 17.9 Å². The van der Waals surface area contributed by atoms with Gasteiger partial charge in [-0.05, 0) is 37.8 Å². The predicted molar refractivity (Wildman–Crippen MR) is 111 cm³/mol. The molecule has 1 saturated carbocycles. The standard InChI is InChI=1S/C20H23F3N6O4/c1-33-17-25-9-13(10-26-17)12-2-7-16(24-8-12)29(18(30)27-11-20(21,22)23)15-5-3-14(4-6-15)28-19(31)32/h2,7-10,14-15,28H,3-6,11H2,1H3,(H,27,30)(H,31,32). The molecule has 13 heteroatoms. The number of carbonyl (C=O) groups is 2. The Morgan fingerprint density at radius 1 is 1.09 bits per heavy atom. The molecule has 0 atom stereocenters. The number of anilines is 1. The molecule has 1 fully saturated rings. The van der Waals surface area contributed by atoms with E-state index in [1.807, 2.05) is 5.32 Å². The zero-order valence-corrected chi connectivity index (χ0v) is 17.7.